The Morgan fingerprint density at radius 2 is 2.32 bits per heavy atom. The van der Waals surface area contributed by atoms with Gasteiger partial charge in [-0.15, -0.1) is 11.3 Å². The van der Waals surface area contributed by atoms with Gasteiger partial charge in [0.1, 0.15) is 0 Å². The van der Waals surface area contributed by atoms with Crippen LogP contribution in [0.15, 0.2) is 12.1 Å². The molecular weight excluding hydrogens is 258 g/mol. The lowest BCUT2D eigenvalue weighted by Crippen LogP contribution is -2.35. The molecule has 1 unspecified atom stereocenters. The molecule has 0 bridgehead atoms. The van der Waals surface area contributed by atoms with Gasteiger partial charge in [-0.3, -0.25) is 9.69 Å². The third-order valence-electron chi connectivity index (χ3n) is 3.59. The number of aryl methyl sites for hydroxylation is 1. The molecule has 0 aliphatic carbocycles. The highest BCUT2D eigenvalue weighted by Crippen LogP contribution is 2.18. The molecule has 4 heteroatoms. The molecule has 19 heavy (non-hydrogen) atoms. The van der Waals surface area contributed by atoms with Crippen LogP contribution in [0.5, 0.6) is 0 Å². The van der Waals surface area contributed by atoms with Crippen molar-refractivity contribution in [1.29, 1.82) is 0 Å². The maximum atomic E-state index is 12.2. The zero-order chi connectivity index (χ0) is 13.7. The summed E-state index contributed by atoms with van der Waals surface area (Å²) in [5, 5.41) is 0. The van der Waals surface area contributed by atoms with Crippen LogP contribution < -0.4 is 0 Å². The number of carbonyl (C=O) groups excluding carboxylic acids is 1. The summed E-state index contributed by atoms with van der Waals surface area (Å²) < 4.78 is 5.64. The first-order valence-electron chi connectivity index (χ1n) is 7.18. The van der Waals surface area contributed by atoms with Crippen molar-refractivity contribution in [2.75, 3.05) is 26.2 Å². The molecule has 106 valence electrons. The van der Waals surface area contributed by atoms with Gasteiger partial charge in [0.2, 0.25) is 0 Å². The van der Waals surface area contributed by atoms with E-state index in [1.54, 1.807) is 11.3 Å². The number of hydrogen-bond donors (Lipinski definition) is 0. The van der Waals surface area contributed by atoms with Crippen LogP contribution in [-0.4, -0.2) is 43.0 Å². The average molecular weight is 281 g/mol. The molecule has 2 rings (SSSR count). The highest BCUT2D eigenvalue weighted by molar-refractivity contribution is 7.14. The molecule has 1 aromatic rings. The first-order valence-corrected chi connectivity index (χ1v) is 8.00. The molecule has 1 aromatic heterocycles. The van der Waals surface area contributed by atoms with E-state index in [1.807, 2.05) is 6.07 Å². The Hall–Kier alpha value is -0.710. The summed E-state index contributed by atoms with van der Waals surface area (Å²) in [6, 6.07) is 4.03. The van der Waals surface area contributed by atoms with Crippen molar-refractivity contribution in [2.45, 2.75) is 39.2 Å². The molecule has 0 N–H and O–H groups in total. The third kappa shape index (κ3) is 4.13. The zero-order valence-corrected chi connectivity index (χ0v) is 12.7. The van der Waals surface area contributed by atoms with E-state index < -0.39 is 0 Å². The van der Waals surface area contributed by atoms with E-state index in [4.69, 9.17) is 4.74 Å². The number of rotatable bonds is 7. The quantitative estimate of drug-likeness (QED) is 0.720. The van der Waals surface area contributed by atoms with Crippen molar-refractivity contribution in [3.63, 3.8) is 0 Å². The number of carbonyl (C=O) groups is 1. The second-order valence-electron chi connectivity index (χ2n) is 5.01. The largest absolute Gasteiger partial charge is 0.377 e. The predicted octanol–water partition coefficient (Wildman–Crippen LogP) is 2.99. The zero-order valence-electron chi connectivity index (χ0n) is 11.9. The molecule has 0 spiro atoms. The number of thiophene rings is 1. The molecule has 0 radical (unpaired) electrons. The Morgan fingerprint density at radius 3 is 2.89 bits per heavy atom. The number of Topliss-reactive ketones (excluding diaryl/α,β-unsaturated/α-hetero) is 1. The van der Waals surface area contributed by atoms with Crippen molar-refractivity contribution in [3.8, 4) is 0 Å². The van der Waals surface area contributed by atoms with Crippen molar-refractivity contribution >= 4 is 17.1 Å². The summed E-state index contributed by atoms with van der Waals surface area (Å²) >= 11 is 1.63. The van der Waals surface area contributed by atoms with E-state index in [0.717, 1.165) is 43.8 Å². The maximum absolute atomic E-state index is 12.2. The fraction of sp³-hybridized carbons (Fsp3) is 0.667. The average Bonchev–Trinajstić information content (AvgIpc) is 3.08. The molecule has 1 atom stereocenters. The number of ketones is 1. The minimum atomic E-state index is 0.240. The first-order chi connectivity index (χ1) is 9.22. The number of hydrogen-bond acceptors (Lipinski definition) is 4. The number of likely N-dealkylation sites (N-methyl/N-ethyl adjacent to an activating group) is 1. The van der Waals surface area contributed by atoms with Crippen molar-refractivity contribution < 1.29 is 9.53 Å². The second-order valence-corrected chi connectivity index (χ2v) is 6.17. The van der Waals surface area contributed by atoms with E-state index in [1.165, 1.54) is 4.88 Å². The Balaban J connectivity index is 1.87. The van der Waals surface area contributed by atoms with Gasteiger partial charge in [0, 0.05) is 18.0 Å². The lowest BCUT2D eigenvalue weighted by molar-refractivity contribution is 0.0688. The molecule has 3 nitrogen and oxygen atoms in total. The monoisotopic (exact) mass is 281 g/mol. The van der Waals surface area contributed by atoms with Crippen molar-refractivity contribution in [1.82, 2.24) is 4.90 Å². The van der Waals surface area contributed by atoms with Gasteiger partial charge in [-0.1, -0.05) is 13.8 Å². The first kappa shape index (κ1) is 14.7. The van der Waals surface area contributed by atoms with Crippen LogP contribution in [0.2, 0.25) is 0 Å². The summed E-state index contributed by atoms with van der Waals surface area (Å²) in [6.45, 7) is 7.40. The Morgan fingerprint density at radius 1 is 1.47 bits per heavy atom. The SMILES string of the molecule is CCc1ccc(C(=O)CN(CC)CC2CCCO2)s1. The third-order valence-corrected chi connectivity index (χ3v) is 4.86. The minimum Gasteiger partial charge on any atom is -0.377 e. The Labute approximate surface area is 119 Å². The molecule has 1 fully saturated rings. The molecule has 1 aliphatic rings. The van der Waals surface area contributed by atoms with Gasteiger partial charge >= 0.3 is 0 Å². The molecule has 2 heterocycles. The van der Waals surface area contributed by atoms with Crippen LogP contribution in [0.3, 0.4) is 0 Å². The summed E-state index contributed by atoms with van der Waals surface area (Å²) in [6.07, 6.45) is 3.61. The minimum absolute atomic E-state index is 0.240. The van der Waals surface area contributed by atoms with Gasteiger partial charge in [0.25, 0.3) is 0 Å². The molecule has 0 amide bonds. The number of nitrogens with zero attached hydrogens (tertiary/aromatic N) is 1. The van der Waals surface area contributed by atoms with Crippen LogP contribution >= 0.6 is 11.3 Å². The van der Waals surface area contributed by atoms with Gasteiger partial charge in [-0.25, -0.2) is 0 Å². The fourth-order valence-electron chi connectivity index (χ4n) is 2.38. The number of ether oxygens (including phenoxy) is 1. The van der Waals surface area contributed by atoms with Crippen LogP contribution in [-0.2, 0) is 11.2 Å². The summed E-state index contributed by atoms with van der Waals surface area (Å²) in [5.41, 5.74) is 0. The van der Waals surface area contributed by atoms with Gasteiger partial charge in [0.05, 0.1) is 17.5 Å². The topological polar surface area (TPSA) is 29.5 Å². The van der Waals surface area contributed by atoms with Crippen LogP contribution in [0.1, 0.15) is 41.2 Å². The lowest BCUT2D eigenvalue weighted by atomic mass is 10.2. The lowest BCUT2D eigenvalue weighted by Gasteiger charge is -2.22. The van der Waals surface area contributed by atoms with E-state index in [-0.39, 0.29) is 5.78 Å². The maximum Gasteiger partial charge on any atom is 0.186 e. The Bertz CT molecular complexity index is 410. The summed E-state index contributed by atoms with van der Waals surface area (Å²) in [5.74, 6) is 0.240. The van der Waals surface area contributed by atoms with E-state index >= 15 is 0 Å². The predicted molar refractivity (Wildman–Crippen MR) is 79.1 cm³/mol. The molecule has 0 aromatic carbocycles. The highest BCUT2D eigenvalue weighted by Gasteiger charge is 2.20. The van der Waals surface area contributed by atoms with E-state index in [2.05, 4.69) is 24.8 Å². The second kappa shape index (κ2) is 7.17. The van der Waals surface area contributed by atoms with E-state index in [0.29, 0.717) is 12.6 Å². The fourth-order valence-corrected chi connectivity index (χ4v) is 3.26. The smallest absolute Gasteiger partial charge is 0.186 e. The Kier molecular flexibility index (Phi) is 5.55. The van der Waals surface area contributed by atoms with Crippen LogP contribution in [0.4, 0.5) is 0 Å². The van der Waals surface area contributed by atoms with Crippen molar-refractivity contribution in [3.05, 3.63) is 21.9 Å². The molecular formula is C15H23NO2S. The molecule has 1 saturated heterocycles. The van der Waals surface area contributed by atoms with Crippen LogP contribution in [0, 0.1) is 0 Å². The highest BCUT2D eigenvalue weighted by atomic mass is 32.1. The summed E-state index contributed by atoms with van der Waals surface area (Å²) in [7, 11) is 0. The van der Waals surface area contributed by atoms with Gasteiger partial charge in [-0.05, 0) is 37.9 Å². The normalized spacial score (nSPS) is 19.2. The van der Waals surface area contributed by atoms with E-state index in [9.17, 15) is 4.79 Å². The molecule has 1 aliphatic heterocycles. The van der Waals surface area contributed by atoms with Gasteiger partial charge in [-0.2, -0.15) is 0 Å². The van der Waals surface area contributed by atoms with Crippen LogP contribution in [0.25, 0.3) is 0 Å². The standard InChI is InChI=1S/C15H23NO2S/c1-3-13-7-8-15(19-13)14(17)11-16(4-2)10-12-6-5-9-18-12/h7-8,12H,3-6,9-11H2,1-2H3. The summed E-state index contributed by atoms with van der Waals surface area (Å²) in [4.78, 5) is 16.6. The van der Waals surface area contributed by atoms with Crippen molar-refractivity contribution in [2.24, 2.45) is 0 Å². The molecule has 0 saturated carbocycles. The van der Waals surface area contributed by atoms with Gasteiger partial charge < -0.3 is 4.74 Å². The van der Waals surface area contributed by atoms with Gasteiger partial charge in [0.15, 0.2) is 5.78 Å².